The van der Waals surface area contributed by atoms with Crippen LogP contribution in [0.2, 0.25) is 0 Å². The fraction of sp³-hybridized carbons (Fsp3) is 0.385. The molecule has 1 aromatic heterocycles. The molecule has 1 aromatic carbocycles. The monoisotopic (exact) mass is 282 g/mol. The summed E-state index contributed by atoms with van der Waals surface area (Å²) in [6.07, 6.45) is -0.505. The Morgan fingerprint density at radius 1 is 1.30 bits per heavy atom. The SMILES string of the molecule is FC(F)(F)c1cccc(-n2nncc2CNC2CC2)c1. The molecule has 0 saturated heterocycles. The molecule has 3 rings (SSSR count). The van der Waals surface area contributed by atoms with E-state index >= 15 is 0 Å². The molecule has 2 aromatic rings. The maximum Gasteiger partial charge on any atom is 0.416 e. The average molecular weight is 282 g/mol. The smallest absolute Gasteiger partial charge is 0.308 e. The summed E-state index contributed by atoms with van der Waals surface area (Å²) >= 11 is 0. The van der Waals surface area contributed by atoms with Crippen LogP contribution >= 0.6 is 0 Å². The minimum absolute atomic E-state index is 0.366. The Kier molecular flexibility index (Phi) is 3.21. The number of aromatic nitrogens is 3. The summed E-state index contributed by atoms with van der Waals surface area (Å²) in [5.74, 6) is 0. The van der Waals surface area contributed by atoms with Gasteiger partial charge in [-0.2, -0.15) is 13.2 Å². The van der Waals surface area contributed by atoms with Crippen LogP contribution in [0.25, 0.3) is 5.69 Å². The summed E-state index contributed by atoms with van der Waals surface area (Å²) in [5, 5.41) is 10.9. The molecule has 0 aliphatic heterocycles. The average Bonchev–Trinajstić information content (AvgIpc) is 3.12. The van der Waals surface area contributed by atoms with Crippen LogP contribution in [0.15, 0.2) is 30.5 Å². The van der Waals surface area contributed by atoms with Gasteiger partial charge in [-0.25, -0.2) is 4.68 Å². The van der Waals surface area contributed by atoms with Gasteiger partial charge in [0.05, 0.1) is 23.1 Å². The van der Waals surface area contributed by atoms with Gasteiger partial charge in [0.2, 0.25) is 0 Å². The van der Waals surface area contributed by atoms with Crippen LogP contribution in [-0.4, -0.2) is 21.0 Å². The van der Waals surface area contributed by atoms with E-state index in [1.165, 1.54) is 10.7 Å². The van der Waals surface area contributed by atoms with Crippen molar-refractivity contribution in [3.8, 4) is 5.69 Å². The molecule has 4 nitrogen and oxygen atoms in total. The Labute approximate surface area is 113 Å². The van der Waals surface area contributed by atoms with Gasteiger partial charge in [-0.15, -0.1) is 5.10 Å². The molecule has 0 spiro atoms. The Morgan fingerprint density at radius 3 is 2.80 bits per heavy atom. The minimum atomic E-state index is -4.36. The van der Waals surface area contributed by atoms with E-state index in [9.17, 15) is 13.2 Å². The lowest BCUT2D eigenvalue weighted by atomic mass is 10.2. The Bertz CT molecular complexity index is 602. The first kappa shape index (κ1) is 13.1. The van der Waals surface area contributed by atoms with Crippen LogP contribution < -0.4 is 5.32 Å². The number of alkyl halides is 3. The van der Waals surface area contributed by atoms with Crippen molar-refractivity contribution >= 4 is 0 Å². The third-order valence-electron chi connectivity index (χ3n) is 3.19. The molecular formula is C13H13F3N4. The third-order valence-corrected chi connectivity index (χ3v) is 3.19. The number of hydrogen-bond acceptors (Lipinski definition) is 3. The third kappa shape index (κ3) is 2.82. The lowest BCUT2D eigenvalue weighted by Crippen LogP contribution is -2.18. The number of rotatable bonds is 4. The molecule has 1 saturated carbocycles. The van der Waals surface area contributed by atoms with Crippen LogP contribution in [0.5, 0.6) is 0 Å². The predicted molar refractivity (Wildman–Crippen MR) is 66.2 cm³/mol. The Morgan fingerprint density at radius 2 is 2.10 bits per heavy atom. The van der Waals surface area contributed by atoms with Crippen molar-refractivity contribution in [1.29, 1.82) is 0 Å². The van der Waals surface area contributed by atoms with Crippen LogP contribution in [0.1, 0.15) is 24.1 Å². The van der Waals surface area contributed by atoms with E-state index in [2.05, 4.69) is 15.6 Å². The van der Waals surface area contributed by atoms with E-state index in [0.717, 1.165) is 30.7 Å². The second kappa shape index (κ2) is 4.90. The molecule has 0 amide bonds. The van der Waals surface area contributed by atoms with Crippen molar-refractivity contribution in [2.24, 2.45) is 0 Å². The van der Waals surface area contributed by atoms with Gasteiger partial charge in [0, 0.05) is 12.6 Å². The second-order valence-electron chi connectivity index (χ2n) is 4.84. The largest absolute Gasteiger partial charge is 0.416 e. The summed E-state index contributed by atoms with van der Waals surface area (Å²) in [6, 6.07) is 5.60. The van der Waals surface area contributed by atoms with Crippen LogP contribution in [0.3, 0.4) is 0 Å². The highest BCUT2D eigenvalue weighted by atomic mass is 19.4. The first-order valence-corrected chi connectivity index (χ1v) is 6.34. The Balaban J connectivity index is 1.86. The van der Waals surface area contributed by atoms with Crippen molar-refractivity contribution in [2.45, 2.75) is 31.6 Å². The first-order valence-electron chi connectivity index (χ1n) is 6.34. The zero-order chi connectivity index (χ0) is 14.2. The highest BCUT2D eigenvalue weighted by Crippen LogP contribution is 2.30. The van der Waals surface area contributed by atoms with Crippen molar-refractivity contribution in [3.05, 3.63) is 41.7 Å². The molecule has 1 heterocycles. The molecule has 106 valence electrons. The molecule has 20 heavy (non-hydrogen) atoms. The highest BCUT2D eigenvalue weighted by molar-refractivity contribution is 5.37. The van der Waals surface area contributed by atoms with E-state index in [1.807, 2.05) is 0 Å². The van der Waals surface area contributed by atoms with Crippen LogP contribution in [0.4, 0.5) is 13.2 Å². The molecule has 0 radical (unpaired) electrons. The van der Waals surface area contributed by atoms with E-state index in [4.69, 9.17) is 0 Å². The molecule has 1 aliphatic rings. The minimum Gasteiger partial charge on any atom is -0.308 e. The van der Waals surface area contributed by atoms with Gasteiger partial charge in [-0.05, 0) is 31.0 Å². The molecule has 7 heteroatoms. The number of benzene rings is 1. The standard InChI is InChI=1S/C13H13F3N4/c14-13(15,16)9-2-1-3-11(6-9)20-12(8-18-19-20)7-17-10-4-5-10/h1-3,6,8,10,17H,4-5,7H2. The molecule has 0 bridgehead atoms. The van der Waals surface area contributed by atoms with Gasteiger partial charge < -0.3 is 5.32 Å². The predicted octanol–water partition coefficient (Wildman–Crippen LogP) is 2.54. The summed E-state index contributed by atoms with van der Waals surface area (Å²) in [7, 11) is 0. The summed E-state index contributed by atoms with van der Waals surface area (Å²) in [5.41, 5.74) is 0.424. The number of nitrogens with zero attached hydrogens (tertiary/aromatic N) is 3. The maximum absolute atomic E-state index is 12.7. The maximum atomic E-state index is 12.7. The highest BCUT2D eigenvalue weighted by Gasteiger charge is 2.30. The second-order valence-corrected chi connectivity index (χ2v) is 4.84. The van der Waals surface area contributed by atoms with Gasteiger partial charge in [-0.1, -0.05) is 11.3 Å². The molecule has 0 atom stereocenters. The van der Waals surface area contributed by atoms with E-state index < -0.39 is 11.7 Å². The van der Waals surface area contributed by atoms with Gasteiger partial charge in [0.1, 0.15) is 0 Å². The zero-order valence-corrected chi connectivity index (χ0v) is 10.6. The summed E-state index contributed by atoms with van der Waals surface area (Å²) in [4.78, 5) is 0. The lowest BCUT2D eigenvalue weighted by molar-refractivity contribution is -0.137. The Hall–Kier alpha value is -1.89. The lowest BCUT2D eigenvalue weighted by Gasteiger charge is -2.10. The van der Waals surface area contributed by atoms with Gasteiger partial charge >= 0.3 is 6.18 Å². The number of halogens is 3. The number of hydrogen-bond donors (Lipinski definition) is 1. The van der Waals surface area contributed by atoms with Crippen LogP contribution in [0, 0.1) is 0 Å². The summed E-state index contributed by atoms with van der Waals surface area (Å²) < 4.78 is 39.6. The normalized spacial score (nSPS) is 15.6. The van der Waals surface area contributed by atoms with E-state index in [1.54, 1.807) is 12.3 Å². The summed E-state index contributed by atoms with van der Waals surface area (Å²) in [6.45, 7) is 0.550. The van der Waals surface area contributed by atoms with Gasteiger partial charge in [-0.3, -0.25) is 0 Å². The molecule has 1 N–H and O–H groups in total. The van der Waals surface area contributed by atoms with Crippen molar-refractivity contribution in [3.63, 3.8) is 0 Å². The zero-order valence-electron chi connectivity index (χ0n) is 10.6. The fourth-order valence-electron chi connectivity index (χ4n) is 1.94. The van der Waals surface area contributed by atoms with Crippen molar-refractivity contribution < 1.29 is 13.2 Å². The molecule has 0 unspecified atom stereocenters. The molecule has 1 fully saturated rings. The van der Waals surface area contributed by atoms with Gasteiger partial charge in [0.25, 0.3) is 0 Å². The van der Waals surface area contributed by atoms with Gasteiger partial charge in [0.15, 0.2) is 0 Å². The molecular weight excluding hydrogens is 269 g/mol. The van der Waals surface area contributed by atoms with E-state index in [-0.39, 0.29) is 0 Å². The first-order chi connectivity index (χ1) is 9.54. The van der Waals surface area contributed by atoms with Crippen molar-refractivity contribution in [1.82, 2.24) is 20.3 Å². The quantitative estimate of drug-likeness (QED) is 0.937. The van der Waals surface area contributed by atoms with Crippen molar-refractivity contribution in [2.75, 3.05) is 0 Å². The fourth-order valence-corrected chi connectivity index (χ4v) is 1.94. The van der Waals surface area contributed by atoms with Crippen LogP contribution in [-0.2, 0) is 12.7 Å². The number of nitrogens with one attached hydrogen (secondary N) is 1. The topological polar surface area (TPSA) is 42.7 Å². The molecule has 1 aliphatic carbocycles. The van der Waals surface area contributed by atoms with E-state index in [0.29, 0.717) is 18.3 Å².